The van der Waals surface area contributed by atoms with Crippen LogP contribution < -0.4 is 21.5 Å². The molecule has 1 aromatic carbocycles. The molecule has 0 radical (unpaired) electrons. The fraction of sp³-hybridized carbons (Fsp3) is 0.357. The molecule has 24 heavy (non-hydrogen) atoms. The number of likely N-dealkylation sites (tertiary alicyclic amines) is 1. The van der Waals surface area contributed by atoms with E-state index in [4.69, 9.17) is 16.2 Å². The number of nitrogens with two attached hydrogens (primary N) is 2. The third kappa shape index (κ3) is 3.36. The third-order valence-corrected chi connectivity index (χ3v) is 3.82. The van der Waals surface area contributed by atoms with Gasteiger partial charge in [-0.1, -0.05) is 0 Å². The van der Waals surface area contributed by atoms with Crippen molar-refractivity contribution in [3.63, 3.8) is 0 Å². The highest BCUT2D eigenvalue weighted by Gasteiger charge is 2.41. The highest BCUT2D eigenvalue weighted by molar-refractivity contribution is 5.94. The van der Waals surface area contributed by atoms with Crippen LogP contribution in [0.1, 0.15) is 0 Å². The zero-order valence-electron chi connectivity index (χ0n) is 12.7. The van der Waals surface area contributed by atoms with E-state index in [0.29, 0.717) is 0 Å². The van der Waals surface area contributed by atoms with E-state index in [1.54, 1.807) is 0 Å². The molecule has 8 nitrogen and oxygen atoms in total. The van der Waals surface area contributed by atoms with Crippen molar-refractivity contribution in [2.24, 2.45) is 23.3 Å². The summed E-state index contributed by atoms with van der Waals surface area (Å²) < 4.78 is 31.4. The molecule has 5 N–H and O–H groups in total. The van der Waals surface area contributed by atoms with E-state index in [-0.39, 0.29) is 24.5 Å². The van der Waals surface area contributed by atoms with Gasteiger partial charge < -0.3 is 26.4 Å². The van der Waals surface area contributed by atoms with Gasteiger partial charge in [0, 0.05) is 25.2 Å². The molecule has 1 aliphatic heterocycles. The Kier molecular flexibility index (Phi) is 4.86. The highest BCUT2D eigenvalue weighted by Crippen LogP contribution is 2.29. The Morgan fingerprint density at radius 2 is 1.62 bits per heavy atom. The van der Waals surface area contributed by atoms with Crippen LogP contribution >= 0.6 is 0 Å². The Labute approximate surface area is 135 Å². The number of primary amides is 2. The number of carbonyl (C=O) groups excluding carboxylic acids is 3. The number of ether oxygens (including phenoxy) is 1. The second kappa shape index (κ2) is 6.69. The predicted molar refractivity (Wildman–Crippen MR) is 78.9 cm³/mol. The van der Waals surface area contributed by atoms with Crippen LogP contribution in [-0.2, 0) is 9.59 Å². The second-order valence-electron chi connectivity index (χ2n) is 5.32. The first-order valence-corrected chi connectivity index (χ1v) is 6.92. The summed E-state index contributed by atoms with van der Waals surface area (Å²) in [6.45, 7) is -0.221. The van der Waals surface area contributed by atoms with Crippen LogP contribution in [0.15, 0.2) is 12.1 Å². The average Bonchev–Trinajstić information content (AvgIpc) is 2.96. The number of carbonyl (C=O) groups is 3. The van der Waals surface area contributed by atoms with E-state index in [1.807, 2.05) is 0 Å². The van der Waals surface area contributed by atoms with Crippen LogP contribution in [0.2, 0.25) is 0 Å². The Morgan fingerprint density at radius 1 is 1.12 bits per heavy atom. The molecule has 2 atom stereocenters. The monoisotopic (exact) mass is 342 g/mol. The van der Waals surface area contributed by atoms with Crippen molar-refractivity contribution in [2.45, 2.75) is 0 Å². The second-order valence-corrected chi connectivity index (χ2v) is 5.32. The van der Waals surface area contributed by atoms with Gasteiger partial charge in [-0.2, -0.15) is 0 Å². The van der Waals surface area contributed by atoms with Crippen molar-refractivity contribution >= 4 is 23.5 Å². The maximum absolute atomic E-state index is 13.3. The SMILES string of the molecule is COc1cc(F)c(F)cc1NC(=O)N1C[C@H](C(N)=O)[C@H](C(N)=O)C1. The third-order valence-electron chi connectivity index (χ3n) is 3.82. The largest absolute Gasteiger partial charge is 0.494 e. The molecular formula is C14H16F2N4O4. The van der Waals surface area contributed by atoms with Gasteiger partial charge in [0.25, 0.3) is 0 Å². The van der Waals surface area contributed by atoms with Crippen LogP contribution in [0.3, 0.4) is 0 Å². The molecule has 0 unspecified atom stereocenters. The van der Waals surface area contributed by atoms with Gasteiger partial charge >= 0.3 is 6.03 Å². The summed E-state index contributed by atoms with van der Waals surface area (Å²) in [5.74, 6) is -5.69. The molecule has 0 aromatic heterocycles. The lowest BCUT2D eigenvalue weighted by Crippen LogP contribution is -2.36. The lowest BCUT2D eigenvalue weighted by Gasteiger charge is -2.18. The van der Waals surface area contributed by atoms with Crippen molar-refractivity contribution in [2.75, 3.05) is 25.5 Å². The first-order valence-electron chi connectivity index (χ1n) is 6.92. The van der Waals surface area contributed by atoms with Crippen molar-refractivity contribution in [1.82, 2.24) is 4.90 Å². The van der Waals surface area contributed by atoms with Gasteiger partial charge in [0.15, 0.2) is 11.6 Å². The van der Waals surface area contributed by atoms with E-state index in [2.05, 4.69) is 5.32 Å². The minimum Gasteiger partial charge on any atom is -0.494 e. The Balaban J connectivity index is 2.18. The van der Waals surface area contributed by atoms with Gasteiger partial charge in [-0.15, -0.1) is 0 Å². The Bertz CT molecular complexity index is 676. The number of urea groups is 1. The minimum absolute atomic E-state index is 0.0839. The number of rotatable bonds is 4. The number of halogens is 2. The number of benzene rings is 1. The molecule has 0 spiro atoms. The van der Waals surface area contributed by atoms with Crippen LogP contribution in [0.25, 0.3) is 0 Å². The molecule has 1 heterocycles. The predicted octanol–water partition coefficient (Wildman–Crippen LogP) is 0.0239. The van der Waals surface area contributed by atoms with Crippen LogP contribution in [0, 0.1) is 23.5 Å². The van der Waals surface area contributed by atoms with E-state index < -0.39 is 41.3 Å². The number of nitrogens with one attached hydrogen (secondary N) is 1. The molecule has 0 saturated carbocycles. The molecule has 4 amide bonds. The molecule has 1 aliphatic rings. The number of anilines is 1. The summed E-state index contributed by atoms with van der Waals surface area (Å²) in [5.41, 5.74) is 10.3. The van der Waals surface area contributed by atoms with Gasteiger partial charge in [0.05, 0.1) is 24.6 Å². The van der Waals surface area contributed by atoms with Crippen LogP contribution in [-0.4, -0.2) is 42.9 Å². The summed E-state index contributed by atoms with van der Waals surface area (Å²) in [4.78, 5) is 36.1. The molecule has 1 fully saturated rings. The molecule has 1 saturated heterocycles. The van der Waals surface area contributed by atoms with Gasteiger partial charge in [0.1, 0.15) is 5.75 Å². The van der Waals surface area contributed by atoms with E-state index in [1.165, 1.54) is 7.11 Å². The fourth-order valence-corrected chi connectivity index (χ4v) is 2.54. The maximum Gasteiger partial charge on any atom is 0.321 e. The summed E-state index contributed by atoms with van der Waals surface area (Å²) >= 11 is 0. The first-order chi connectivity index (χ1) is 11.2. The Morgan fingerprint density at radius 3 is 2.08 bits per heavy atom. The standard InChI is InChI=1S/C14H16F2N4O4/c1-24-11-3-9(16)8(15)2-10(11)19-14(23)20-4-6(12(17)21)7(5-20)13(18)22/h2-3,6-7H,4-5H2,1H3,(H2,17,21)(H2,18,22)(H,19,23)/t6-,7+. The quantitative estimate of drug-likeness (QED) is 0.713. The van der Waals surface area contributed by atoms with E-state index in [0.717, 1.165) is 17.0 Å². The highest BCUT2D eigenvalue weighted by atomic mass is 19.2. The van der Waals surface area contributed by atoms with E-state index in [9.17, 15) is 23.2 Å². The average molecular weight is 342 g/mol. The molecule has 10 heteroatoms. The van der Waals surface area contributed by atoms with Gasteiger partial charge in [0.2, 0.25) is 11.8 Å². The summed E-state index contributed by atoms with van der Waals surface area (Å²) in [6.07, 6.45) is 0. The van der Waals surface area contributed by atoms with Gasteiger partial charge in [-0.05, 0) is 0 Å². The molecule has 1 aromatic rings. The summed E-state index contributed by atoms with van der Waals surface area (Å²) in [6, 6.07) is 0.821. The van der Waals surface area contributed by atoms with Crippen molar-refractivity contribution in [3.05, 3.63) is 23.8 Å². The van der Waals surface area contributed by atoms with Crippen molar-refractivity contribution in [1.29, 1.82) is 0 Å². The zero-order valence-corrected chi connectivity index (χ0v) is 12.7. The minimum atomic E-state index is -1.17. The smallest absolute Gasteiger partial charge is 0.321 e. The van der Waals surface area contributed by atoms with Crippen molar-refractivity contribution in [3.8, 4) is 5.75 Å². The van der Waals surface area contributed by atoms with Crippen molar-refractivity contribution < 1.29 is 27.9 Å². The number of hydrogen-bond acceptors (Lipinski definition) is 4. The lowest BCUT2D eigenvalue weighted by atomic mass is 9.95. The van der Waals surface area contributed by atoms with Crippen LogP contribution in [0.5, 0.6) is 5.75 Å². The first kappa shape index (κ1) is 17.4. The molecule has 130 valence electrons. The molecule has 2 rings (SSSR count). The molecule has 0 aliphatic carbocycles. The maximum atomic E-state index is 13.3. The number of nitrogens with zero attached hydrogens (tertiary/aromatic N) is 1. The number of hydrogen-bond donors (Lipinski definition) is 3. The number of methoxy groups -OCH3 is 1. The van der Waals surface area contributed by atoms with Gasteiger partial charge in [-0.3, -0.25) is 9.59 Å². The molecular weight excluding hydrogens is 326 g/mol. The van der Waals surface area contributed by atoms with Gasteiger partial charge in [-0.25, -0.2) is 13.6 Å². The topological polar surface area (TPSA) is 128 Å². The fourth-order valence-electron chi connectivity index (χ4n) is 2.54. The summed E-state index contributed by atoms with van der Waals surface area (Å²) in [7, 11) is 1.23. The van der Waals surface area contributed by atoms with Crippen LogP contribution in [0.4, 0.5) is 19.3 Å². The number of amides is 4. The Hall–Kier alpha value is -2.91. The summed E-state index contributed by atoms with van der Waals surface area (Å²) in [5, 5.41) is 2.34. The zero-order chi connectivity index (χ0) is 18.0. The normalized spacial score (nSPS) is 19.9. The molecule has 0 bridgehead atoms. The van der Waals surface area contributed by atoms with E-state index >= 15 is 0 Å². The lowest BCUT2D eigenvalue weighted by molar-refractivity contribution is -0.129.